The summed E-state index contributed by atoms with van der Waals surface area (Å²) < 4.78 is 1.83. The third-order valence-electron chi connectivity index (χ3n) is 5.34. The minimum atomic E-state index is 0.00327. The fourth-order valence-electron chi connectivity index (χ4n) is 3.77. The first-order chi connectivity index (χ1) is 15.8. The van der Waals surface area contributed by atoms with E-state index in [4.69, 9.17) is 5.10 Å². The molecule has 0 saturated heterocycles. The molecule has 0 bridgehead atoms. The Morgan fingerprint density at radius 2 is 1.78 bits per heavy atom. The van der Waals surface area contributed by atoms with E-state index in [1.54, 1.807) is 6.20 Å². The van der Waals surface area contributed by atoms with Crippen LogP contribution in [-0.4, -0.2) is 32.8 Å². The van der Waals surface area contributed by atoms with Crippen LogP contribution in [0.2, 0.25) is 0 Å². The topological polar surface area (TPSA) is 59.3 Å². The molecule has 5 rings (SSSR count). The molecular formula is C26H22N4OS. The molecule has 2 heterocycles. The van der Waals surface area contributed by atoms with Gasteiger partial charge in [-0.25, -0.2) is 9.50 Å². The molecule has 6 heteroatoms. The molecule has 158 valence electrons. The van der Waals surface area contributed by atoms with Crippen LogP contribution in [0.1, 0.15) is 5.56 Å². The molecule has 0 unspecified atom stereocenters. The zero-order valence-electron chi connectivity index (χ0n) is 17.4. The number of hydrogen-bond acceptors (Lipinski definition) is 4. The van der Waals surface area contributed by atoms with Crippen molar-refractivity contribution in [1.29, 1.82) is 0 Å². The van der Waals surface area contributed by atoms with E-state index >= 15 is 0 Å². The summed E-state index contributed by atoms with van der Waals surface area (Å²) >= 11 is 1.43. The van der Waals surface area contributed by atoms with Gasteiger partial charge in [0.1, 0.15) is 5.03 Å². The predicted molar refractivity (Wildman–Crippen MR) is 130 cm³/mol. The first kappa shape index (κ1) is 20.3. The fraction of sp³-hybridized carbons (Fsp3) is 0.115. The molecule has 0 saturated carbocycles. The molecule has 1 N–H and O–H groups in total. The van der Waals surface area contributed by atoms with Gasteiger partial charge in [0.05, 0.1) is 17.0 Å². The summed E-state index contributed by atoms with van der Waals surface area (Å²) in [5, 5.41) is 10.9. The summed E-state index contributed by atoms with van der Waals surface area (Å²) in [6.45, 7) is 0.624. The molecule has 2 aromatic heterocycles. The molecule has 0 radical (unpaired) electrons. The molecule has 0 atom stereocenters. The Balaban J connectivity index is 1.30. The molecule has 32 heavy (non-hydrogen) atoms. The quantitative estimate of drug-likeness (QED) is 0.363. The van der Waals surface area contributed by atoms with E-state index in [1.165, 1.54) is 28.1 Å². The summed E-state index contributed by atoms with van der Waals surface area (Å²) in [7, 11) is 0. The van der Waals surface area contributed by atoms with Crippen LogP contribution in [0.25, 0.3) is 27.5 Å². The van der Waals surface area contributed by atoms with Crippen LogP contribution in [0.15, 0.2) is 96.3 Å². The lowest BCUT2D eigenvalue weighted by atomic mass is 10.0. The van der Waals surface area contributed by atoms with Crippen LogP contribution in [-0.2, 0) is 11.2 Å². The molecule has 5 nitrogen and oxygen atoms in total. The number of fused-ring (bicyclic) bond motifs is 2. The Morgan fingerprint density at radius 1 is 0.969 bits per heavy atom. The van der Waals surface area contributed by atoms with Gasteiger partial charge >= 0.3 is 0 Å². The van der Waals surface area contributed by atoms with Crippen molar-refractivity contribution in [2.75, 3.05) is 12.3 Å². The second-order valence-corrected chi connectivity index (χ2v) is 8.46. The van der Waals surface area contributed by atoms with E-state index in [9.17, 15) is 4.79 Å². The second-order valence-electron chi connectivity index (χ2n) is 7.49. The van der Waals surface area contributed by atoms with Crippen LogP contribution < -0.4 is 5.32 Å². The van der Waals surface area contributed by atoms with Gasteiger partial charge in [0.25, 0.3) is 0 Å². The molecule has 3 aromatic carbocycles. The Labute approximate surface area is 190 Å². The maximum Gasteiger partial charge on any atom is 0.230 e. The summed E-state index contributed by atoms with van der Waals surface area (Å²) in [6.07, 6.45) is 4.39. The summed E-state index contributed by atoms with van der Waals surface area (Å²) in [4.78, 5) is 16.8. The SMILES string of the molecule is O=C(CSc1nccn2nc(-c3cccc4ccccc34)cc12)NCCc1ccccc1. The molecule has 1 amide bonds. The van der Waals surface area contributed by atoms with Gasteiger partial charge in [-0.1, -0.05) is 84.6 Å². The number of thioether (sulfide) groups is 1. The van der Waals surface area contributed by atoms with Crippen molar-refractivity contribution in [3.63, 3.8) is 0 Å². The standard InChI is InChI=1S/C26H22N4OS/c31-25(27-14-13-19-7-2-1-3-8-19)18-32-26-24-17-23(29-30(24)16-15-28-26)22-12-6-10-20-9-4-5-11-21(20)22/h1-12,15-17H,13-14,18H2,(H,27,31). The van der Waals surface area contributed by atoms with Crippen LogP contribution >= 0.6 is 11.8 Å². The van der Waals surface area contributed by atoms with Gasteiger partial charge < -0.3 is 5.32 Å². The van der Waals surface area contributed by atoms with Gasteiger partial charge in [0.15, 0.2) is 0 Å². The lowest BCUT2D eigenvalue weighted by Gasteiger charge is -2.05. The van der Waals surface area contributed by atoms with Gasteiger partial charge in [-0.3, -0.25) is 4.79 Å². The largest absolute Gasteiger partial charge is 0.355 e. The average Bonchev–Trinajstić information content (AvgIpc) is 3.28. The summed E-state index contributed by atoms with van der Waals surface area (Å²) in [6, 6.07) is 26.7. The molecular weight excluding hydrogens is 416 g/mol. The number of amides is 1. The molecule has 0 aliphatic rings. The van der Waals surface area contributed by atoms with Crippen LogP contribution in [0.3, 0.4) is 0 Å². The summed E-state index contributed by atoms with van der Waals surface area (Å²) in [5.74, 6) is 0.319. The zero-order valence-corrected chi connectivity index (χ0v) is 18.3. The minimum absolute atomic E-state index is 0.00327. The molecule has 0 spiro atoms. The van der Waals surface area contributed by atoms with E-state index in [-0.39, 0.29) is 5.91 Å². The van der Waals surface area contributed by atoms with E-state index in [2.05, 4.69) is 52.8 Å². The molecule has 5 aromatic rings. The Kier molecular flexibility index (Phi) is 5.85. The van der Waals surface area contributed by atoms with Gasteiger partial charge in [-0.05, 0) is 28.8 Å². The number of aromatic nitrogens is 3. The van der Waals surface area contributed by atoms with Gasteiger partial charge in [0, 0.05) is 24.5 Å². The van der Waals surface area contributed by atoms with E-state index in [0.717, 1.165) is 28.2 Å². The Bertz CT molecular complexity index is 1380. The smallest absolute Gasteiger partial charge is 0.230 e. The van der Waals surface area contributed by atoms with E-state index < -0.39 is 0 Å². The fourth-order valence-corrected chi connectivity index (χ4v) is 4.57. The molecule has 0 aliphatic carbocycles. The Morgan fingerprint density at radius 3 is 2.69 bits per heavy atom. The third kappa shape index (κ3) is 4.36. The Hall–Kier alpha value is -3.64. The van der Waals surface area contributed by atoms with Crippen molar-refractivity contribution in [1.82, 2.24) is 19.9 Å². The maximum absolute atomic E-state index is 12.3. The first-order valence-electron chi connectivity index (χ1n) is 10.5. The number of nitrogens with one attached hydrogen (secondary N) is 1. The lowest BCUT2D eigenvalue weighted by Crippen LogP contribution is -2.27. The van der Waals surface area contributed by atoms with Crippen molar-refractivity contribution < 1.29 is 4.79 Å². The normalized spacial score (nSPS) is 11.1. The number of carbonyl (C=O) groups is 1. The van der Waals surface area contributed by atoms with Crippen molar-refractivity contribution in [2.24, 2.45) is 0 Å². The maximum atomic E-state index is 12.3. The number of nitrogens with zero attached hydrogens (tertiary/aromatic N) is 3. The predicted octanol–water partition coefficient (Wildman–Crippen LogP) is 5.00. The van der Waals surface area contributed by atoms with Crippen LogP contribution in [0, 0.1) is 0 Å². The second kappa shape index (κ2) is 9.24. The highest BCUT2D eigenvalue weighted by atomic mass is 32.2. The average molecular weight is 439 g/mol. The first-order valence-corrected chi connectivity index (χ1v) is 11.5. The van der Waals surface area contributed by atoms with Crippen LogP contribution in [0.4, 0.5) is 0 Å². The number of rotatable bonds is 7. The highest BCUT2D eigenvalue weighted by Crippen LogP contribution is 2.30. The van der Waals surface area contributed by atoms with Gasteiger partial charge in [-0.15, -0.1) is 0 Å². The third-order valence-corrected chi connectivity index (χ3v) is 6.33. The monoisotopic (exact) mass is 438 g/mol. The highest BCUT2D eigenvalue weighted by molar-refractivity contribution is 8.00. The van der Waals surface area contributed by atoms with E-state index in [0.29, 0.717) is 12.3 Å². The number of benzene rings is 3. The highest BCUT2D eigenvalue weighted by Gasteiger charge is 2.13. The minimum Gasteiger partial charge on any atom is -0.355 e. The molecule has 0 fully saturated rings. The van der Waals surface area contributed by atoms with Crippen molar-refractivity contribution in [3.8, 4) is 11.3 Å². The summed E-state index contributed by atoms with van der Waals surface area (Å²) in [5.41, 5.74) is 4.09. The van der Waals surface area contributed by atoms with Gasteiger partial charge in [-0.2, -0.15) is 5.10 Å². The van der Waals surface area contributed by atoms with E-state index in [1.807, 2.05) is 47.1 Å². The lowest BCUT2D eigenvalue weighted by molar-refractivity contribution is -0.118. The zero-order chi connectivity index (χ0) is 21.8. The van der Waals surface area contributed by atoms with Gasteiger partial charge in [0.2, 0.25) is 5.91 Å². The van der Waals surface area contributed by atoms with Crippen molar-refractivity contribution in [3.05, 3.63) is 96.8 Å². The number of hydrogen-bond donors (Lipinski definition) is 1. The van der Waals surface area contributed by atoms with Crippen molar-refractivity contribution in [2.45, 2.75) is 11.4 Å². The van der Waals surface area contributed by atoms with Crippen LogP contribution in [0.5, 0.6) is 0 Å². The van der Waals surface area contributed by atoms with Crippen molar-refractivity contribution >= 4 is 34.0 Å². The molecule has 0 aliphatic heterocycles. The number of carbonyl (C=O) groups excluding carboxylic acids is 1.